The van der Waals surface area contributed by atoms with Gasteiger partial charge in [-0.25, -0.2) is 0 Å². The van der Waals surface area contributed by atoms with Crippen molar-refractivity contribution in [2.24, 2.45) is 11.8 Å². The minimum atomic E-state index is 0.492. The highest BCUT2D eigenvalue weighted by Gasteiger charge is 2.03. The van der Waals surface area contributed by atoms with Gasteiger partial charge >= 0.3 is 0 Å². The molecule has 0 heteroatoms. The molecule has 2 aromatic carbocycles. The van der Waals surface area contributed by atoms with Crippen molar-refractivity contribution in [3.05, 3.63) is 95.1 Å². The van der Waals surface area contributed by atoms with E-state index in [0.717, 1.165) is 6.42 Å². The third-order valence-corrected chi connectivity index (χ3v) is 5.35. The summed E-state index contributed by atoms with van der Waals surface area (Å²) in [5, 5.41) is 0. The van der Waals surface area contributed by atoms with Crippen molar-refractivity contribution in [1.82, 2.24) is 0 Å². The van der Waals surface area contributed by atoms with Gasteiger partial charge < -0.3 is 0 Å². The topological polar surface area (TPSA) is 0 Å². The van der Waals surface area contributed by atoms with Crippen molar-refractivity contribution < 1.29 is 0 Å². The number of rotatable bonds is 8. The smallest absolute Gasteiger partial charge is 0.00512 e. The largest absolute Gasteiger partial charge is 0.0851 e. The molecule has 2 aromatic rings. The lowest BCUT2D eigenvalue weighted by Crippen LogP contribution is -1.97. The fraction of sp³-hybridized carbons (Fsp3) is 0.400. The normalized spacial score (nSPS) is 13.4. The second-order valence-corrected chi connectivity index (χ2v) is 8.41. The van der Waals surface area contributed by atoms with Crippen LogP contribution in [-0.2, 0) is 6.42 Å². The number of allylic oxidation sites excluding steroid dienone is 6. The lowest BCUT2D eigenvalue weighted by molar-refractivity contribution is 0.642. The minimum Gasteiger partial charge on any atom is -0.0851 e. The highest BCUT2D eigenvalue weighted by Crippen LogP contribution is 2.22. The van der Waals surface area contributed by atoms with Gasteiger partial charge in [-0.3, -0.25) is 0 Å². The molecule has 162 valence electrons. The maximum atomic E-state index is 2.38. The Balaban J connectivity index is 0.00000218. The van der Waals surface area contributed by atoms with Crippen LogP contribution in [0, 0.1) is 18.8 Å². The highest BCUT2D eigenvalue weighted by molar-refractivity contribution is 5.63. The summed E-state index contributed by atoms with van der Waals surface area (Å²) in [5.74, 6) is 1.09. The number of hydrogen-bond donors (Lipinski definition) is 0. The van der Waals surface area contributed by atoms with Gasteiger partial charge in [0.25, 0.3) is 0 Å². The van der Waals surface area contributed by atoms with Gasteiger partial charge in [0.05, 0.1) is 0 Å². The Morgan fingerprint density at radius 1 is 0.767 bits per heavy atom. The van der Waals surface area contributed by atoms with E-state index in [1.807, 2.05) is 13.8 Å². The molecule has 30 heavy (non-hydrogen) atoms. The molecule has 0 aliphatic rings. The first-order valence-electron chi connectivity index (χ1n) is 11.5. The van der Waals surface area contributed by atoms with Gasteiger partial charge in [0, 0.05) is 0 Å². The molecule has 2 unspecified atom stereocenters. The van der Waals surface area contributed by atoms with Crippen LogP contribution >= 0.6 is 0 Å². The van der Waals surface area contributed by atoms with Crippen molar-refractivity contribution >= 4 is 0 Å². The van der Waals surface area contributed by atoms with Crippen molar-refractivity contribution in [1.29, 1.82) is 0 Å². The summed E-state index contributed by atoms with van der Waals surface area (Å²) in [6, 6.07) is 17.8. The van der Waals surface area contributed by atoms with Crippen LogP contribution in [0.1, 0.15) is 66.0 Å². The first-order chi connectivity index (χ1) is 14.3. The monoisotopic (exact) mass is 402 g/mol. The molecular weight excluding hydrogens is 360 g/mol. The van der Waals surface area contributed by atoms with E-state index in [2.05, 4.69) is 114 Å². The third kappa shape index (κ3) is 9.44. The zero-order valence-corrected chi connectivity index (χ0v) is 20.5. The van der Waals surface area contributed by atoms with Crippen LogP contribution in [-0.4, -0.2) is 0 Å². The summed E-state index contributed by atoms with van der Waals surface area (Å²) < 4.78 is 0. The first-order valence-corrected chi connectivity index (χ1v) is 11.5. The van der Waals surface area contributed by atoms with Crippen molar-refractivity contribution in [3.8, 4) is 11.1 Å². The Hall–Kier alpha value is -2.34. The Morgan fingerprint density at radius 2 is 1.30 bits per heavy atom. The van der Waals surface area contributed by atoms with Crippen molar-refractivity contribution in [3.63, 3.8) is 0 Å². The maximum absolute atomic E-state index is 2.38. The molecule has 0 spiro atoms. The molecular formula is C30H42. The van der Waals surface area contributed by atoms with Crippen LogP contribution in [0.2, 0.25) is 0 Å². The fourth-order valence-corrected chi connectivity index (χ4v) is 3.06. The molecule has 0 aromatic heterocycles. The van der Waals surface area contributed by atoms with Gasteiger partial charge in [-0.1, -0.05) is 117 Å². The Bertz CT molecular complexity index is 809. The van der Waals surface area contributed by atoms with E-state index in [1.54, 1.807) is 0 Å². The summed E-state index contributed by atoms with van der Waals surface area (Å²) >= 11 is 0. The minimum absolute atomic E-state index is 0.492. The predicted molar refractivity (Wildman–Crippen MR) is 137 cm³/mol. The SMILES string of the molecule is CC.CC(C)=C/C=C(\C)C(C)/C=C\C(C)CCc1ccc(-c2ccc(C)cc2)cc1. The average molecular weight is 403 g/mol. The van der Waals surface area contributed by atoms with Crippen LogP contribution in [0.25, 0.3) is 11.1 Å². The van der Waals surface area contributed by atoms with Gasteiger partial charge in [0.1, 0.15) is 0 Å². The van der Waals surface area contributed by atoms with E-state index in [0.29, 0.717) is 11.8 Å². The molecule has 0 aliphatic carbocycles. The molecule has 0 amide bonds. The maximum Gasteiger partial charge on any atom is -0.00512 e. The van der Waals surface area contributed by atoms with Gasteiger partial charge in [-0.05, 0) is 69.1 Å². The molecule has 0 fully saturated rings. The molecule has 0 heterocycles. The highest BCUT2D eigenvalue weighted by atomic mass is 14.1. The molecule has 0 N–H and O–H groups in total. The Kier molecular flexibility index (Phi) is 11.8. The zero-order chi connectivity index (χ0) is 22.5. The molecule has 2 rings (SSSR count). The zero-order valence-electron chi connectivity index (χ0n) is 20.5. The Morgan fingerprint density at radius 3 is 1.83 bits per heavy atom. The lowest BCUT2D eigenvalue weighted by Gasteiger charge is -2.10. The fourth-order valence-electron chi connectivity index (χ4n) is 3.06. The molecule has 0 saturated heterocycles. The van der Waals surface area contributed by atoms with E-state index in [-0.39, 0.29) is 0 Å². The van der Waals surface area contributed by atoms with Crippen LogP contribution < -0.4 is 0 Å². The van der Waals surface area contributed by atoms with Crippen molar-refractivity contribution in [2.75, 3.05) is 0 Å². The van der Waals surface area contributed by atoms with Gasteiger partial charge in [-0.2, -0.15) is 0 Å². The van der Waals surface area contributed by atoms with E-state index in [1.165, 1.54) is 39.8 Å². The summed E-state index contributed by atoms with van der Waals surface area (Å²) in [4.78, 5) is 0. The molecule has 2 atom stereocenters. The first kappa shape index (κ1) is 25.7. The van der Waals surface area contributed by atoms with Crippen molar-refractivity contribution in [2.45, 2.75) is 68.2 Å². The molecule has 0 bridgehead atoms. The van der Waals surface area contributed by atoms with E-state index in [4.69, 9.17) is 0 Å². The van der Waals surface area contributed by atoms with Crippen LogP contribution in [0.3, 0.4) is 0 Å². The summed E-state index contributed by atoms with van der Waals surface area (Å²) in [7, 11) is 0. The van der Waals surface area contributed by atoms with Crippen LogP contribution in [0.4, 0.5) is 0 Å². The van der Waals surface area contributed by atoms with Crippen LogP contribution in [0.5, 0.6) is 0 Å². The third-order valence-electron chi connectivity index (χ3n) is 5.35. The number of benzene rings is 2. The van der Waals surface area contributed by atoms with Gasteiger partial charge in [-0.15, -0.1) is 0 Å². The average Bonchev–Trinajstić information content (AvgIpc) is 2.76. The van der Waals surface area contributed by atoms with Gasteiger partial charge in [0.15, 0.2) is 0 Å². The molecule has 0 radical (unpaired) electrons. The summed E-state index contributed by atoms with van der Waals surface area (Å²) in [6.07, 6.45) is 11.5. The van der Waals surface area contributed by atoms with Gasteiger partial charge in [0.2, 0.25) is 0 Å². The summed E-state index contributed by atoms with van der Waals surface area (Å²) in [6.45, 7) is 17.2. The molecule has 0 nitrogen and oxygen atoms in total. The second kappa shape index (κ2) is 13.8. The predicted octanol–water partition coefficient (Wildman–Crippen LogP) is 9.36. The number of aryl methyl sites for hydroxylation is 2. The van der Waals surface area contributed by atoms with E-state index >= 15 is 0 Å². The van der Waals surface area contributed by atoms with E-state index in [9.17, 15) is 0 Å². The Labute approximate surface area is 186 Å². The summed E-state index contributed by atoms with van der Waals surface area (Å²) in [5.41, 5.74) is 8.07. The number of hydrogen-bond acceptors (Lipinski definition) is 0. The lowest BCUT2D eigenvalue weighted by atomic mass is 9.95. The molecule has 0 aliphatic heterocycles. The van der Waals surface area contributed by atoms with Crippen LogP contribution in [0.15, 0.2) is 84.0 Å². The second-order valence-electron chi connectivity index (χ2n) is 8.41. The van der Waals surface area contributed by atoms with E-state index < -0.39 is 0 Å². The molecule has 0 saturated carbocycles. The standard InChI is InChI=1S/C28H36.C2H6/c1-21(2)7-12-24(5)25(6)13-8-22(3)9-14-26-15-19-28(20-16-26)27-17-10-23(4)11-18-27;1-2/h7-8,10-13,15-20,22,25H,9,14H2,1-6H3;1-2H3/b13-8-,24-12+;. The quantitative estimate of drug-likeness (QED) is 0.305.